The monoisotopic (exact) mass is 405 g/mol. The predicted octanol–water partition coefficient (Wildman–Crippen LogP) is 2.55. The van der Waals surface area contributed by atoms with Crippen LogP contribution in [0.4, 0.5) is 4.39 Å². The molecule has 1 aromatic rings. The summed E-state index contributed by atoms with van der Waals surface area (Å²) in [5.74, 6) is -0.549. The highest BCUT2D eigenvalue weighted by Crippen LogP contribution is 2.35. The van der Waals surface area contributed by atoms with Crippen LogP contribution in [-0.2, 0) is 9.53 Å². The molecule has 0 bridgehead atoms. The first-order valence-corrected chi connectivity index (χ1v) is 10.4. The van der Waals surface area contributed by atoms with Gasteiger partial charge in [-0.25, -0.2) is 4.39 Å². The van der Waals surface area contributed by atoms with E-state index in [0.29, 0.717) is 18.4 Å². The summed E-state index contributed by atoms with van der Waals surface area (Å²) in [6, 6.07) is 8.91. The van der Waals surface area contributed by atoms with Crippen LogP contribution in [0.5, 0.6) is 0 Å². The molecule has 6 nitrogen and oxygen atoms in total. The first kappa shape index (κ1) is 21.7. The van der Waals surface area contributed by atoms with Gasteiger partial charge in [0.2, 0.25) is 5.91 Å². The molecular formula is C22H32FN3O3. The lowest BCUT2D eigenvalue weighted by molar-refractivity contribution is -0.129. The van der Waals surface area contributed by atoms with Gasteiger partial charge in [0.15, 0.2) is 0 Å². The Balaban J connectivity index is 1.46. The number of alkyl halides is 1. The molecule has 3 N–H and O–H groups in total. The van der Waals surface area contributed by atoms with Crippen LogP contribution in [0.15, 0.2) is 30.3 Å². The molecule has 2 fully saturated rings. The van der Waals surface area contributed by atoms with Crippen molar-refractivity contribution in [1.29, 1.82) is 0 Å². The number of carbonyl (C=O) groups excluding carboxylic acids is 2. The van der Waals surface area contributed by atoms with Gasteiger partial charge < -0.3 is 15.4 Å². The maximum Gasteiger partial charge on any atom is 0.251 e. The van der Waals surface area contributed by atoms with Crippen LogP contribution in [0.1, 0.15) is 55.8 Å². The lowest BCUT2D eigenvalue weighted by atomic mass is 9.78. The zero-order chi connectivity index (χ0) is 20.9. The third-order valence-electron chi connectivity index (χ3n) is 6.38. The molecule has 0 aromatic heterocycles. The van der Waals surface area contributed by atoms with Gasteiger partial charge >= 0.3 is 0 Å². The second kappa shape index (κ2) is 9.22. The molecule has 2 aliphatic rings. The van der Waals surface area contributed by atoms with Crippen molar-refractivity contribution in [3.05, 3.63) is 35.9 Å². The molecule has 0 radical (unpaired) electrons. The fourth-order valence-electron chi connectivity index (χ4n) is 4.20. The van der Waals surface area contributed by atoms with Crippen LogP contribution in [0.25, 0.3) is 0 Å². The van der Waals surface area contributed by atoms with Gasteiger partial charge in [0.1, 0.15) is 11.9 Å². The molecule has 3 rings (SSSR count). The fraction of sp³-hybridized carbons (Fsp3) is 0.636. The molecule has 0 heterocycles. The van der Waals surface area contributed by atoms with Gasteiger partial charge in [-0.1, -0.05) is 18.2 Å². The van der Waals surface area contributed by atoms with Crippen LogP contribution in [0.3, 0.4) is 0 Å². The number of rotatable bonds is 8. The normalized spacial score (nSPS) is 28.2. The van der Waals surface area contributed by atoms with E-state index in [1.165, 1.54) is 0 Å². The average molecular weight is 406 g/mol. The number of halogens is 1. The molecule has 2 saturated carbocycles. The number of nitrogens with one attached hydrogen (secondary N) is 3. The van der Waals surface area contributed by atoms with Crippen LogP contribution >= 0.6 is 0 Å². The van der Waals surface area contributed by atoms with E-state index in [-0.39, 0.29) is 42.8 Å². The Labute approximate surface area is 172 Å². The van der Waals surface area contributed by atoms with Crippen molar-refractivity contribution >= 4 is 11.8 Å². The van der Waals surface area contributed by atoms with Crippen molar-refractivity contribution in [3.8, 4) is 0 Å². The van der Waals surface area contributed by atoms with Crippen molar-refractivity contribution in [2.75, 3.05) is 20.2 Å². The van der Waals surface area contributed by atoms with Gasteiger partial charge in [0.05, 0.1) is 6.54 Å². The van der Waals surface area contributed by atoms with Gasteiger partial charge in [-0.2, -0.15) is 0 Å². The molecule has 0 unspecified atom stereocenters. The van der Waals surface area contributed by atoms with E-state index in [1.54, 1.807) is 31.4 Å². The fourth-order valence-corrected chi connectivity index (χ4v) is 4.20. The SMILES string of the molecule is CO[C@]1(NCC(=O)NC2(C)CCC2)CC[C@H](CNC(=O)c2ccccc2)[C@H](F)C1. The molecule has 7 heteroatoms. The number of hydrogen-bond acceptors (Lipinski definition) is 4. The minimum absolute atomic E-state index is 0.0868. The van der Waals surface area contributed by atoms with E-state index < -0.39 is 11.9 Å². The summed E-state index contributed by atoms with van der Waals surface area (Å²) in [5, 5.41) is 9.01. The maximum absolute atomic E-state index is 14.9. The van der Waals surface area contributed by atoms with Crippen LogP contribution in [-0.4, -0.2) is 49.4 Å². The molecule has 0 spiro atoms. The molecular weight excluding hydrogens is 373 g/mol. The standard InChI is InChI=1S/C22H32FN3O3/c1-21(10-6-11-21)26-19(27)15-25-22(29-2)12-9-17(18(23)13-22)14-24-20(28)16-7-4-3-5-8-16/h3-5,7-8,17-18,25H,6,9-15H2,1-2H3,(H,24,28)(H,26,27)/t17-,18-,22-/m1/s1. The quantitative estimate of drug-likeness (QED) is 0.581. The van der Waals surface area contributed by atoms with Crippen LogP contribution in [0, 0.1) is 5.92 Å². The van der Waals surface area contributed by atoms with E-state index in [1.807, 2.05) is 13.0 Å². The van der Waals surface area contributed by atoms with Crippen molar-refractivity contribution < 1.29 is 18.7 Å². The lowest BCUT2D eigenvalue weighted by Crippen LogP contribution is -2.58. The summed E-state index contributed by atoms with van der Waals surface area (Å²) >= 11 is 0. The topological polar surface area (TPSA) is 79.5 Å². The van der Waals surface area contributed by atoms with Crippen molar-refractivity contribution in [2.45, 2.75) is 62.9 Å². The summed E-state index contributed by atoms with van der Waals surface area (Å²) in [6.45, 7) is 2.44. The van der Waals surface area contributed by atoms with Crippen LogP contribution < -0.4 is 16.0 Å². The van der Waals surface area contributed by atoms with Gasteiger partial charge in [-0.05, 0) is 51.2 Å². The first-order valence-electron chi connectivity index (χ1n) is 10.4. The van der Waals surface area contributed by atoms with Gasteiger partial charge in [-0.3, -0.25) is 14.9 Å². The summed E-state index contributed by atoms with van der Waals surface area (Å²) in [5.41, 5.74) is -0.384. The molecule has 160 valence electrons. The molecule has 3 atom stereocenters. The second-order valence-electron chi connectivity index (χ2n) is 8.61. The summed E-state index contributed by atoms with van der Waals surface area (Å²) < 4.78 is 20.5. The Morgan fingerprint density at radius 1 is 1.21 bits per heavy atom. The Bertz CT molecular complexity index is 711. The number of hydrogen-bond donors (Lipinski definition) is 3. The number of benzene rings is 1. The van der Waals surface area contributed by atoms with Crippen molar-refractivity contribution in [1.82, 2.24) is 16.0 Å². The Morgan fingerprint density at radius 3 is 2.52 bits per heavy atom. The van der Waals surface area contributed by atoms with E-state index in [0.717, 1.165) is 19.3 Å². The Hall–Kier alpha value is -1.99. The number of carbonyl (C=O) groups is 2. The minimum Gasteiger partial charge on any atom is -0.364 e. The highest BCUT2D eigenvalue weighted by atomic mass is 19.1. The van der Waals surface area contributed by atoms with Crippen LogP contribution in [0.2, 0.25) is 0 Å². The summed E-state index contributed by atoms with van der Waals surface area (Å²) in [6.07, 6.45) is 3.31. The van der Waals surface area contributed by atoms with E-state index in [9.17, 15) is 14.0 Å². The number of ether oxygens (including phenoxy) is 1. The molecule has 29 heavy (non-hydrogen) atoms. The molecule has 2 aliphatic carbocycles. The van der Waals surface area contributed by atoms with Gasteiger partial charge in [0, 0.05) is 37.1 Å². The van der Waals surface area contributed by atoms with E-state index >= 15 is 0 Å². The Kier molecular flexibility index (Phi) is 6.90. The molecule has 0 saturated heterocycles. The lowest BCUT2D eigenvalue weighted by Gasteiger charge is -2.42. The minimum atomic E-state index is -1.13. The molecule has 1 aromatic carbocycles. The largest absolute Gasteiger partial charge is 0.364 e. The predicted molar refractivity (Wildman–Crippen MR) is 109 cm³/mol. The first-order chi connectivity index (χ1) is 13.8. The van der Waals surface area contributed by atoms with E-state index in [2.05, 4.69) is 16.0 Å². The third kappa shape index (κ3) is 5.54. The summed E-state index contributed by atoms with van der Waals surface area (Å²) in [7, 11) is 1.54. The average Bonchev–Trinajstić information content (AvgIpc) is 2.71. The zero-order valence-electron chi connectivity index (χ0n) is 17.3. The maximum atomic E-state index is 14.9. The number of methoxy groups -OCH3 is 1. The Morgan fingerprint density at radius 2 is 1.93 bits per heavy atom. The summed E-state index contributed by atoms with van der Waals surface area (Å²) in [4.78, 5) is 24.4. The second-order valence-corrected chi connectivity index (χ2v) is 8.61. The number of amides is 2. The zero-order valence-corrected chi connectivity index (χ0v) is 17.3. The highest BCUT2D eigenvalue weighted by molar-refractivity contribution is 5.94. The van der Waals surface area contributed by atoms with Crippen molar-refractivity contribution in [3.63, 3.8) is 0 Å². The highest BCUT2D eigenvalue weighted by Gasteiger charge is 2.42. The third-order valence-corrected chi connectivity index (χ3v) is 6.38. The molecule has 2 amide bonds. The smallest absolute Gasteiger partial charge is 0.251 e. The molecule has 0 aliphatic heterocycles. The van der Waals surface area contributed by atoms with E-state index in [4.69, 9.17) is 4.74 Å². The van der Waals surface area contributed by atoms with Gasteiger partial charge in [-0.15, -0.1) is 0 Å². The van der Waals surface area contributed by atoms with Gasteiger partial charge in [0.25, 0.3) is 5.91 Å². The van der Waals surface area contributed by atoms with Crippen molar-refractivity contribution in [2.24, 2.45) is 5.92 Å².